The summed E-state index contributed by atoms with van der Waals surface area (Å²) in [5, 5.41) is 23.6. The summed E-state index contributed by atoms with van der Waals surface area (Å²) >= 11 is 5.92. The van der Waals surface area contributed by atoms with Crippen molar-refractivity contribution in [3.05, 3.63) is 32.8 Å². The largest absolute Gasteiger partial charge is 0.396 e. The average Bonchev–Trinajstić information content (AvgIpc) is 2.80. The smallest absolute Gasteiger partial charge is 0.288 e. The number of hydrogen-bond donors (Lipinski definition) is 2. The van der Waals surface area contributed by atoms with Crippen molar-refractivity contribution in [1.29, 1.82) is 0 Å². The second-order valence-corrected chi connectivity index (χ2v) is 5.41. The van der Waals surface area contributed by atoms with E-state index >= 15 is 0 Å². The van der Waals surface area contributed by atoms with Gasteiger partial charge in [0, 0.05) is 30.3 Å². The van der Waals surface area contributed by atoms with Crippen LogP contribution < -0.4 is 5.32 Å². The van der Waals surface area contributed by atoms with Crippen molar-refractivity contribution in [3.8, 4) is 0 Å². The average molecular weight is 285 g/mol. The molecule has 0 bridgehead atoms. The molecule has 2 rings (SSSR count). The Bertz CT molecular complexity index is 493. The molecule has 104 valence electrons. The fourth-order valence-electron chi connectivity index (χ4n) is 2.61. The SMILES string of the molecule is Cc1cc([N+](=O)[O-])c(Cl)cc1NC1CCCC1CO. The first-order valence-corrected chi connectivity index (χ1v) is 6.72. The number of aliphatic hydroxyl groups excluding tert-OH is 1. The quantitative estimate of drug-likeness (QED) is 0.658. The number of anilines is 1. The van der Waals surface area contributed by atoms with Gasteiger partial charge in [-0.3, -0.25) is 10.1 Å². The van der Waals surface area contributed by atoms with Crippen molar-refractivity contribution in [2.75, 3.05) is 11.9 Å². The van der Waals surface area contributed by atoms with Crippen LogP contribution in [0.5, 0.6) is 0 Å². The molecule has 1 saturated carbocycles. The number of hydrogen-bond acceptors (Lipinski definition) is 4. The molecule has 0 aliphatic heterocycles. The third-order valence-electron chi connectivity index (χ3n) is 3.73. The van der Waals surface area contributed by atoms with Crippen LogP contribution in [0.25, 0.3) is 0 Å². The molecule has 0 radical (unpaired) electrons. The van der Waals surface area contributed by atoms with E-state index in [4.69, 9.17) is 11.6 Å². The van der Waals surface area contributed by atoms with E-state index in [1.54, 1.807) is 6.07 Å². The molecule has 1 aromatic carbocycles. The summed E-state index contributed by atoms with van der Waals surface area (Å²) in [4.78, 5) is 10.3. The molecule has 0 spiro atoms. The van der Waals surface area contributed by atoms with Crippen molar-refractivity contribution < 1.29 is 10.0 Å². The molecule has 1 aliphatic rings. The van der Waals surface area contributed by atoms with E-state index in [0.717, 1.165) is 30.5 Å². The summed E-state index contributed by atoms with van der Waals surface area (Å²) in [6, 6.07) is 3.29. The maximum Gasteiger partial charge on any atom is 0.288 e. The van der Waals surface area contributed by atoms with Crippen LogP contribution in [-0.4, -0.2) is 22.7 Å². The zero-order chi connectivity index (χ0) is 14.0. The summed E-state index contributed by atoms with van der Waals surface area (Å²) in [7, 11) is 0. The number of nitro groups is 1. The number of nitro benzene ring substituents is 1. The summed E-state index contributed by atoms with van der Waals surface area (Å²) < 4.78 is 0. The maximum absolute atomic E-state index is 10.8. The molecule has 1 aromatic rings. The van der Waals surface area contributed by atoms with Gasteiger partial charge in [0.1, 0.15) is 5.02 Å². The van der Waals surface area contributed by atoms with Gasteiger partial charge in [0.15, 0.2) is 0 Å². The molecule has 0 aromatic heterocycles. The van der Waals surface area contributed by atoms with E-state index in [9.17, 15) is 15.2 Å². The molecule has 5 nitrogen and oxygen atoms in total. The first kappa shape index (κ1) is 14.1. The molecule has 0 heterocycles. The number of nitrogens with zero attached hydrogens (tertiary/aromatic N) is 1. The topological polar surface area (TPSA) is 75.4 Å². The van der Waals surface area contributed by atoms with Gasteiger partial charge >= 0.3 is 0 Å². The Morgan fingerprint density at radius 2 is 2.26 bits per heavy atom. The Morgan fingerprint density at radius 1 is 1.53 bits per heavy atom. The molecule has 0 saturated heterocycles. The van der Waals surface area contributed by atoms with Gasteiger partial charge in [-0.25, -0.2) is 0 Å². The highest BCUT2D eigenvalue weighted by Gasteiger charge is 2.27. The fraction of sp³-hybridized carbons (Fsp3) is 0.538. The molecular formula is C13H17ClN2O3. The van der Waals surface area contributed by atoms with E-state index in [2.05, 4.69) is 5.32 Å². The minimum atomic E-state index is -0.481. The molecule has 6 heteroatoms. The second kappa shape index (κ2) is 5.75. The van der Waals surface area contributed by atoms with Crippen molar-refractivity contribution >= 4 is 23.0 Å². The maximum atomic E-state index is 10.8. The van der Waals surface area contributed by atoms with Gasteiger partial charge < -0.3 is 10.4 Å². The highest BCUT2D eigenvalue weighted by Crippen LogP contribution is 2.34. The predicted molar refractivity (Wildman–Crippen MR) is 74.7 cm³/mol. The van der Waals surface area contributed by atoms with E-state index in [1.165, 1.54) is 6.07 Å². The van der Waals surface area contributed by atoms with Crippen LogP contribution in [-0.2, 0) is 0 Å². The molecule has 2 N–H and O–H groups in total. The van der Waals surface area contributed by atoms with Gasteiger partial charge in [0.05, 0.1) is 4.92 Å². The van der Waals surface area contributed by atoms with Crippen LogP contribution in [0.3, 0.4) is 0 Å². The van der Waals surface area contributed by atoms with Gasteiger partial charge in [-0.05, 0) is 31.4 Å². The summed E-state index contributed by atoms with van der Waals surface area (Å²) in [5.74, 6) is 0.244. The molecule has 1 fully saturated rings. The zero-order valence-electron chi connectivity index (χ0n) is 10.7. The Balaban J connectivity index is 2.21. The minimum absolute atomic E-state index is 0.0742. The number of nitrogens with one attached hydrogen (secondary N) is 1. The normalized spacial score (nSPS) is 22.5. The van der Waals surface area contributed by atoms with E-state index in [0.29, 0.717) is 0 Å². The Morgan fingerprint density at radius 3 is 2.89 bits per heavy atom. The van der Waals surface area contributed by atoms with Crippen LogP contribution in [0.1, 0.15) is 24.8 Å². The lowest BCUT2D eigenvalue weighted by Gasteiger charge is -2.21. The number of aliphatic hydroxyl groups is 1. The number of halogens is 1. The van der Waals surface area contributed by atoms with Gasteiger partial charge in [-0.1, -0.05) is 18.0 Å². The van der Waals surface area contributed by atoms with Gasteiger partial charge in [0.25, 0.3) is 5.69 Å². The molecule has 1 aliphatic carbocycles. The minimum Gasteiger partial charge on any atom is -0.396 e. The molecule has 2 atom stereocenters. The van der Waals surface area contributed by atoms with Crippen molar-refractivity contribution in [2.24, 2.45) is 5.92 Å². The number of rotatable bonds is 4. The standard InChI is InChI=1S/C13H17ClN2O3/c1-8-5-13(16(18)19)10(14)6-12(8)15-11-4-2-3-9(11)7-17/h5-6,9,11,15,17H,2-4,7H2,1H3. The summed E-state index contributed by atoms with van der Waals surface area (Å²) in [6.45, 7) is 1.98. The first-order valence-electron chi connectivity index (χ1n) is 6.35. The molecule has 19 heavy (non-hydrogen) atoms. The van der Waals surface area contributed by atoms with Crippen LogP contribution in [0.15, 0.2) is 12.1 Å². The Kier molecular flexibility index (Phi) is 4.27. The molecule has 2 unspecified atom stereocenters. The third-order valence-corrected chi connectivity index (χ3v) is 4.03. The third kappa shape index (κ3) is 2.98. The molecule has 0 amide bonds. The zero-order valence-corrected chi connectivity index (χ0v) is 11.5. The lowest BCUT2D eigenvalue weighted by Crippen LogP contribution is -2.26. The second-order valence-electron chi connectivity index (χ2n) is 5.00. The predicted octanol–water partition coefficient (Wildman–Crippen LogP) is 3.13. The van der Waals surface area contributed by atoms with Crippen LogP contribution in [0.4, 0.5) is 11.4 Å². The van der Waals surface area contributed by atoms with Crippen molar-refractivity contribution in [3.63, 3.8) is 0 Å². The monoisotopic (exact) mass is 284 g/mol. The summed E-state index contributed by atoms with van der Waals surface area (Å²) in [6.07, 6.45) is 3.09. The van der Waals surface area contributed by atoms with Crippen molar-refractivity contribution in [1.82, 2.24) is 0 Å². The first-order chi connectivity index (χ1) is 9.02. The fourth-order valence-corrected chi connectivity index (χ4v) is 2.84. The highest BCUT2D eigenvalue weighted by molar-refractivity contribution is 6.33. The van der Waals surface area contributed by atoms with Gasteiger partial charge in [0.2, 0.25) is 0 Å². The Labute approximate surface area is 116 Å². The molecular weight excluding hydrogens is 268 g/mol. The van der Waals surface area contributed by atoms with Crippen LogP contribution in [0.2, 0.25) is 5.02 Å². The number of aryl methyl sites for hydroxylation is 1. The van der Waals surface area contributed by atoms with Gasteiger partial charge in [-0.2, -0.15) is 0 Å². The lowest BCUT2D eigenvalue weighted by atomic mass is 10.0. The number of benzene rings is 1. The van der Waals surface area contributed by atoms with E-state index < -0.39 is 4.92 Å². The van der Waals surface area contributed by atoms with Gasteiger partial charge in [-0.15, -0.1) is 0 Å². The van der Waals surface area contributed by atoms with E-state index in [1.807, 2.05) is 6.92 Å². The highest BCUT2D eigenvalue weighted by atomic mass is 35.5. The van der Waals surface area contributed by atoms with Crippen LogP contribution in [0, 0.1) is 23.0 Å². The van der Waals surface area contributed by atoms with Crippen molar-refractivity contribution in [2.45, 2.75) is 32.2 Å². The lowest BCUT2D eigenvalue weighted by molar-refractivity contribution is -0.384. The van der Waals surface area contributed by atoms with E-state index in [-0.39, 0.29) is 29.3 Å². The Hall–Kier alpha value is -1.33. The van der Waals surface area contributed by atoms with Crippen LogP contribution >= 0.6 is 11.6 Å². The summed E-state index contributed by atoms with van der Waals surface area (Å²) in [5.41, 5.74) is 1.52.